The molecule has 1 aliphatic heterocycles. The molecule has 0 radical (unpaired) electrons. The summed E-state index contributed by atoms with van der Waals surface area (Å²) in [6, 6.07) is 6.06. The molecule has 1 N–H and O–H groups in total. The summed E-state index contributed by atoms with van der Waals surface area (Å²) in [6.07, 6.45) is 6.50. The molecule has 0 saturated carbocycles. The first kappa shape index (κ1) is 22.9. The third-order valence-electron chi connectivity index (χ3n) is 7.22. The van der Waals surface area contributed by atoms with Crippen LogP contribution in [-0.2, 0) is 25.4 Å². The van der Waals surface area contributed by atoms with Gasteiger partial charge < -0.3 is 19.2 Å². The number of aromatic nitrogens is 5. The molecule has 5 rings (SSSR count). The van der Waals surface area contributed by atoms with Crippen molar-refractivity contribution in [2.75, 3.05) is 20.2 Å². The van der Waals surface area contributed by atoms with Gasteiger partial charge in [0.15, 0.2) is 11.2 Å². The number of nitrogens with zero attached hydrogens (tertiary/aromatic N) is 5. The summed E-state index contributed by atoms with van der Waals surface area (Å²) in [7, 11) is 4.73. The average Bonchev–Trinajstić information content (AvgIpc) is 3.50. The lowest BCUT2D eigenvalue weighted by Gasteiger charge is -2.32. The van der Waals surface area contributed by atoms with Crippen molar-refractivity contribution in [1.82, 2.24) is 28.6 Å². The number of benzene rings is 1. The minimum atomic E-state index is -0.405. The summed E-state index contributed by atoms with van der Waals surface area (Å²) in [4.78, 5) is 47.1. The number of amides is 1. The van der Waals surface area contributed by atoms with Crippen LogP contribution in [0.4, 0.5) is 0 Å². The number of piperidine rings is 1. The maximum atomic E-state index is 12.9. The number of nitrogens with one attached hydrogen (secondary N) is 1. The van der Waals surface area contributed by atoms with Crippen LogP contribution in [0.2, 0.25) is 0 Å². The standard InChI is InChI=1S/C25H30N6O4/c1-28-23-22(24(33)29(2)25(28)34)31(15-27-23)10-4-5-21(32)30-11-8-16(9-12-30)19-14-26-20-7-6-17(35-3)13-18(19)20/h6-7,13-16,26H,4-5,8-12H2,1-3H3. The highest BCUT2D eigenvalue weighted by Gasteiger charge is 2.25. The van der Waals surface area contributed by atoms with Gasteiger partial charge in [0.05, 0.1) is 13.4 Å². The molecule has 10 nitrogen and oxygen atoms in total. The summed E-state index contributed by atoms with van der Waals surface area (Å²) in [6.45, 7) is 1.96. The molecule has 0 atom stereocenters. The number of imidazole rings is 1. The van der Waals surface area contributed by atoms with E-state index in [1.807, 2.05) is 17.0 Å². The van der Waals surface area contributed by atoms with E-state index in [1.54, 1.807) is 25.1 Å². The number of fused-ring (bicyclic) bond motifs is 2. The van der Waals surface area contributed by atoms with Crippen LogP contribution in [0.25, 0.3) is 22.1 Å². The number of ether oxygens (including phenoxy) is 1. The molecule has 0 unspecified atom stereocenters. The van der Waals surface area contributed by atoms with Crippen LogP contribution in [-0.4, -0.2) is 54.7 Å². The van der Waals surface area contributed by atoms with Gasteiger partial charge in [-0.25, -0.2) is 9.78 Å². The molecule has 1 aromatic carbocycles. The Morgan fingerprint density at radius 2 is 1.94 bits per heavy atom. The van der Waals surface area contributed by atoms with Crippen molar-refractivity contribution >= 4 is 28.0 Å². The second kappa shape index (κ2) is 9.09. The fourth-order valence-corrected chi connectivity index (χ4v) is 5.15. The Labute approximate surface area is 201 Å². The lowest BCUT2D eigenvalue weighted by Crippen LogP contribution is -2.38. The predicted molar refractivity (Wildman–Crippen MR) is 133 cm³/mol. The van der Waals surface area contributed by atoms with Gasteiger partial charge in [0.25, 0.3) is 5.56 Å². The average molecular weight is 479 g/mol. The maximum Gasteiger partial charge on any atom is 0.332 e. The number of aromatic amines is 1. The molecule has 1 amide bonds. The Bertz CT molecular complexity index is 1520. The Kier molecular flexibility index (Phi) is 5.96. The van der Waals surface area contributed by atoms with Crippen molar-refractivity contribution < 1.29 is 9.53 Å². The fourth-order valence-electron chi connectivity index (χ4n) is 5.15. The summed E-state index contributed by atoms with van der Waals surface area (Å²) >= 11 is 0. The molecule has 3 aromatic heterocycles. The topological polar surface area (TPSA) is 107 Å². The Balaban J connectivity index is 1.19. The van der Waals surface area contributed by atoms with Gasteiger partial charge >= 0.3 is 5.69 Å². The van der Waals surface area contributed by atoms with Crippen LogP contribution < -0.4 is 16.0 Å². The number of carbonyl (C=O) groups excluding carboxylic acids is 1. The maximum absolute atomic E-state index is 12.9. The van der Waals surface area contributed by atoms with Crippen molar-refractivity contribution in [3.63, 3.8) is 0 Å². The minimum absolute atomic E-state index is 0.133. The number of rotatable bonds is 6. The molecular weight excluding hydrogens is 448 g/mol. The van der Waals surface area contributed by atoms with E-state index >= 15 is 0 Å². The highest BCUT2D eigenvalue weighted by molar-refractivity contribution is 5.85. The summed E-state index contributed by atoms with van der Waals surface area (Å²) in [5, 5.41) is 1.19. The quantitative estimate of drug-likeness (QED) is 0.457. The first-order chi connectivity index (χ1) is 16.9. The fraction of sp³-hybridized carbons (Fsp3) is 0.440. The number of H-pyrrole nitrogens is 1. The number of likely N-dealkylation sites (tertiary alicyclic amines) is 1. The third-order valence-corrected chi connectivity index (χ3v) is 7.22. The van der Waals surface area contributed by atoms with E-state index < -0.39 is 5.69 Å². The number of carbonyl (C=O) groups is 1. The molecule has 1 saturated heterocycles. The van der Waals surface area contributed by atoms with Crippen molar-refractivity contribution in [3.05, 3.63) is 57.1 Å². The number of hydrogen-bond acceptors (Lipinski definition) is 5. The Morgan fingerprint density at radius 3 is 2.69 bits per heavy atom. The highest BCUT2D eigenvalue weighted by atomic mass is 16.5. The van der Waals surface area contributed by atoms with Crippen LogP contribution in [0.3, 0.4) is 0 Å². The lowest BCUT2D eigenvalue weighted by atomic mass is 9.89. The van der Waals surface area contributed by atoms with E-state index in [4.69, 9.17) is 4.74 Å². The van der Waals surface area contributed by atoms with Crippen LogP contribution in [0.5, 0.6) is 5.75 Å². The van der Waals surface area contributed by atoms with Gasteiger partial charge in [-0.15, -0.1) is 0 Å². The SMILES string of the molecule is COc1ccc2[nH]cc(C3CCN(C(=O)CCCn4cnc5c4c(=O)n(C)c(=O)n5C)CC3)c2c1. The Hall–Kier alpha value is -3.82. The second-order valence-electron chi connectivity index (χ2n) is 9.23. The van der Waals surface area contributed by atoms with Crippen LogP contribution in [0.15, 0.2) is 40.3 Å². The molecule has 0 aliphatic carbocycles. The molecule has 4 aromatic rings. The molecular formula is C25H30N6O4. The van der Waals surface area contributed by atoms with Gasteiger partial charge in [-0.1, -0.05) is 0 Å². The van der Waals surface area contributed by atoms with E-state index in [0.717, 1.165) is 41.8 Å². The van der Waals surface area contributed by atoms with E-state index in [-0.39, 0.29) is 11.5 Å². The predicted octanol–water partition coefficient (Wildman–Crippen LogP) is 2.11. The first-order valence-electron chi connectivity index (χ1n) is 11.9. The van der Waals surface area contributed by atoms with E-state index in [1.165, 1.54) is 22.6 Å². The smallest absolute Gasteiger partial charge is 0.332 e. The van der Waals surface area contributed by atoms with Gasteiger partial charge in [0.2, 0.25) is 5.91 Å². The van der Waals surface area contributed by atoms with Crippen LogP contribution >= 0.6 is 0 Å². The summed E-state index contributed by atoms with van der Waals surface area (Å²) < 4.78 is 9.58. The van der Waals surface area contributed by atoms with Crippen LogP contribution in [0, 0.1) is 0 Å². The molecule has 10 heteroatoms. The zero-order valence-electron chi connectivity index (χ0n) is 20.3. The molecule has 0 bridgehead atoms. The molecule has 1 aliphatic rings. The molecule has 4 heterocycles. The largest absolute Gasteiger partial charge is 0.497 e. The van der Waals surface area contributed by atoms with E-state index in [9.17, 15) is 14.4 Å². The zero-order chi connectivity index (χ0) is 24.7. The monoisotopic (exact) mass is 478 g/mol. The number of hydrogen-bond donors (Lipinski definition) is 1. The highest BCUT2D eigenvalue weighted by Crippen LogP contribution is 2.34. The zero-order valence-corrected chi connectivity index (χ0v) is 20.3. The molecule has 1 fully saturated rings. The van der Waals surface area contributed by atoms with Gasteiger partial charge in [-0.2, -0.15) is 0 Å². The normalized spacial score (nSPS) is 14.8. The summed E-state index contributed by atoms with van der Waals surface area (Å²) in [5.74, 6) is 1.38. The van der Waals surface area contributed by atoms with Gasteiger partial charge in [0.1, 0.15) is 5.75 Å². The van der Waals surface area contributed by atoms with Crippen LogP contribution in [0.1, 0.15) is 37.2 Å². The van der Waals surface area contributed by atoms with E-state index in [0.29, 0.717) is 36.5 Å². The third kappa shape index (κ3) is 4.02. The minimum Gasteiger partial charge on any atom is -0.497 e. The number of aryl methyl sites for hydroxylation is 2. The van der Waals surface area contributed by atoms with E-state index in [2.05, 4.69) is 22.2 Å². The van der Waals surface area contributed by atoms with Crippen molar-refractivity contribution in [3.8, 4) is 5.75 Å². The van der Waals surface area contributed by atoms with Crippen molar-refractivity contribution in [2.24, 2.45) is 14.1 Å². The molecule has 35 heavy (non-hydrogen) atoms. The molecule has 0 spiro atoms. The van der Waals surface area contributed by atoms with Gasteiger partial charge in [0, 0.05) is 57.3 Å². The van der Waals surface area contributed by atoms with Gasteiger partial charge in [-0.05, 0) is 48.9 Å². The van der Waals surface area contributed by atoms with Crippen molar-refractivity contribution in [1.29, 1.82) is 0 Å². The molecule has 184 valence electrons. The first-order valence-corrected chi connectivity index (χ1v) is 11.9. The number of methoxy groups -OCH3 is 1. The van der Waals surface area contributed by atoms with Crippen molar-refractivity contribution in [2.45, 2.75) is 38.1 Å². The second-order valence-corrected chi connectivity index (χ2v) is 9.23. The van der Waals surface area contributed by atoms with Gasteiger partial charge in [-0.3, -0.25) is 18.7 Å². The lowest BCUT2D eigenvalue weighted by molar-refractivity contribution is -0.132. The Morgan fingerprint density at radius 1 is 1.17 bits per heavy atom. The summed E-state index contributed by atoms with van der Waals surface area (Å²) in [5.41, 5.74) is 2.36.